The van der Waals surface area contributed by atoms with Crippen molar-refractivity contribution in [3.05, 3.63) is 71.4 Å². The first-order valence-electron chi connectivity index (χ1n) is 11.8. The van der Waals surface area contributed by atoms with Crippen molar-refractivity contribution in [1.82, 2.24) is 4.98 Å². The van der Waals surface area contributed by atoms with Crippen molar-refractivity contribution < 1.29 is 19.4 Å². The molecule has 1 aliphatic rings. The molecule has 174 valence electrons. The molecule has 5 heteroatoms. The summed E-state index contributed by atoms with van der Waals surface area (Å²) in [5, 5.41) is 13.4. The summed E-state index contributed by atoms with van der Waals surface area (Å²) in [6, 6.07) is 16.2. The van der Waals surface area contributed by atoms with Crippen molar-refractivity contribution in [3.63, 3.8) is 0 Å². The Morgan fingerprint density at radius 1 is 1.21 bits per heavy atom. The van der Waals surface area contributed by atoms with E-state index in [9.17, 15) is 9.90 Å². The number of fused-ring (bicyclic) bond motifs is 1. The van der Waals surface area contributed by atoms with Gasteiger partial charge in [0.1, 0.15) is 5.75 Å². The third-order valence-corrected chi connectivity index (χ3v) is 6.91. The summed E-state index contributed by atoms with van der Waals surface area (Å²) < 4.78 is 12.2. The maximum Gasteiger partial charge on any atom is 0.337 e. The Balaban J connectivity index is 1.88. The number of nitrogens with zero attached hydrogens (tertiary/aromatic N) is 1. The second-order valence-corrected chi connectivity index (χ2v) is 9.56. The smallest absolute Gasteiger partial charge is 0.337 e. The lowest BCUT2D eigenvalue weighted by Crippen LogP contribution is -2.30. The zero-order chi connectivity index (χ0) is 24.0. The minimum atomic E-state index is -1.11. The van der Waals surface area contributed by atoms with Gasteiger partial charge in [-0.2, -0.15) is 0 Å². The number of carboxylic acid groups (broad SMARTS) is 1. The van der Waals surface area contributed by atoms with Crippen LogP contribution in [0.1, 0.15) is 50.0 Å². The van der Waals surface area contributed by atoms with Crippen molar-refractivity contribution >= 4 is 27.6 Å². The summed E-state index contributed by atoms with van der Waals surface area (Å²) >= 11 is 0. The Kier molecular flexibility index (Phi) is 5.53. The molecule has 4 aromatic rings. The summed E-state index contributed by atoms with van der Waals surface area (Å²) in [6.45, 7) is 8.47. The monoisotopic (exact) mass is 455 g/mol. The molecule has 0 aliphatic carbocycles. The number of hydrogen-bond donors (Lipinski definition) is 1. The fourth-order valence-electron chi connectivity index (χ4n) is 4.87. The molecule has 0 amide bonds. The molecule has 5 rings (SSSR count). The van der Waals surface area contributed by atoms with Gasteiger partial charge in [-0.15, -0.1) is 0 Å². The van der Waals surface area contributed by atoms with Gasteiger partial charge in [-0.05, 0) is 72.9 Å². The number of ether oxygens (including phenoxy) is 2. The van der Waals surface area contributed by atoms with Crippen molar-refractivity contribution in [3.8, 4) is 16.9 Å². The summed E-state index contributed by atoms with van der Waals surface area (Å²) in [4.78, 5) is 17.4. The average Bonchev–Trinajstić information content (AvgIpc) is 2.83. The molecule has 34 heavy (non-hydrogen) atoms. The lowest BCUT2D eigenvalue weighted by Gasteiger charge is -2.31. The number of pyridine rings is 1. The first-order chi connectivity index (χ1) is 16.3. The largest absolute Gasteiger partial charge is 0.493 e. The molecule has 1 N–H and O–H groups in total. The first-order valence-corrected chi connectivity index (χ1v) is 11.8. The second kappa shape index (κ2) is 8.41. The van der Waals surface area contributed by atoms with Gasteiger partial charge in [0, 0.05) is 29.1 Å². The molecule has 0 unspecified atom stereocenters. The SMILES string of the molecule is CCC(C)(C)O[C@@H](C(=O)O)c1c(C)cc2ccccc2c1-c1ccc2c3c(ccnc13)CCO2. The summed E-state index contributed by atoms with van der Waals surface area (Å²) in [5.74, 6) is -0.176. The van der Waals surface area contributed by atoms with E-state index in [0.717, 1.165) is 50.5 Å². The van der Waals surface area contributed by atoms with E-state index >= 15 is 0 Å². The number of aliphatic carboxylic acids is 1. The number of rotatable bonds is 6. The van der Waals surface area contributed by atoms with Gasteiger partial charge in [-0.25, -0.2) is 4.79 Å². The van der Waals surface area contributed by atoms with E-state index in [4.69, 9.17) is 14.5 Å². The van der Waals surface area contributed by atoms with E-state index in [1.54, 1.807) is 0 Å². The Morgan fingerprint density at radius 2 is 2.00 bits per heavy atom. The zero-order valence-corrected chi connectivity index (χ0v) is 20.0. The molecule has 5 nitrogen and oxygen atoms in total. The number of carbonyl (C=O) groups is 1. The van der Waals surface area contributed by atoms with Crippen LogP contribution in [0, 0.1) is 6.92 Å². The zero-order valence-electron chi connectivity index (χ0n) is 20.0. The predicted octanol–water partition coefficient (Wildman–Crippen LogP) is 6.63. The molecule has 1 atom stereocenters. The van der Waals surface area contributed by atoms with Crippen LogP contribution >= 0.6 is 0 Å². The second-order valence-electron chi connectivity index (χ2n) is 9.56. The Morgan fingerprint density at radius 3 is 2.76 bits per heavy atom. The predicted molar refractivity (Wildman–Crippen MR) is 134 cm³/mol. The van der Waals surface area contributed by atoms with Gasteiger partial charge in [0.15, 0.2) is 6.10 Å². The van der Waals surface area contributed by atoms with Crippen LogP contribution in [-0.2, 0) is 16.0 Å². The molecule has 3 aromatic carbocycles. The minimum Gasteiger partial charge on any atom is -0.493 e. The molecule has 0 saturated carbocycles. The third-order valence-electron chi connectivity index (χ3n) is 6.91. The number of benzene rings is 3. The minimum absolute atomic E-state index is 0.593. The molecule has 0 spiro atoms. The number of aromatic nitrogens is 1. The van der Waals surface area contributed by atoms with Crippen LogP contribution in [-0.4, -0.2) is 28.3 Å². The number of hydrogen-bond acceptors (Lipinski definition) is 4. The van der Waals surface area contributed by atoms with Gasteiger partial charge >= 0.3 is 5.97 Å². The molecule has 1 aromatic heterocycles. The number of carboxylic acids is 1. The molecular formula is C29H29NO4. The van der Waals surface area contributed by atoms with Crippen LogP contribution in [0.25, 0.3) is 32.8 Å². The van der Waals surface area contributed by atoms with Crippen molar-refractivity contribution in [2.75, 3.05) is 6.61 Å². The first kappa shape index (κ1) is 22.4. The van der Waals surface area contributed by atoms with Crippen LogP contribution in [0.3, 0.4) is 0 Å². The summed E-state index contributed by atoms with van der Waals surface area (Å²) in [6.07, 6.45) is 2.23. The molecule has 2 heterocycles. The van der Waals surface area contributed by atoms with Gasteiger partial charge in [-0.1, -0.05) is 37.3 Å². The van der Waals surface area contributed by atoms with E-state index < -0.39 is 17.7 Å². The van der Waals surface area contributed by atoms with Gasteiger partial charge in [0.25, 0.3) is 0 Å². The fraction of sp³-hybridized carbons (Fsp3) is 0.310. The van der Waals surface area contributed by atoms with E-state index in [-0.39, 0.29) is 0 Å². The van der Waals surface area contributed by atoms with E-state index in [0.29, 0.717) is 18.6 Å². The van der Waals surface area contributed by atoms with E-state index in [1.165, 1.54) is 5.56 Å². The lowest BCUT2D eigenvalue weighted by molar-refractivity contribution is -0.162. The fourth-order valence-corrected chi connectivity index (χ4v) is 4.87. The van der Waals surface area contributed by atoms with Crippen LogP contribution in [0.5, 0.6) is 5.75 Å². The van der Waals surface area contributed by atoms with E-state index in [1.807, 2.05) is 76.4 Å². The quantitative estimate of drug-likeness (QED) is 0.353. The van der Waals surface area contributed by atoms with Crippen LogP contribution < -0.4 is 4.74 Å². The highest BCUT2D eigenvalue weighted by atomic mass is 16.5. The third kappa shape index (κ3) is 3.70. The topological polar surface area (TPSA) is 68.7 Å². The summed E-state index contributed by atoms with van der Waals surface area (Å²) in [7, 11) is 0. The normalized spacial score (nSPS) is 14.2. The van der Waals surface area contributed by atoms with Gasteiger partial charge in [0.2, 0.25) is 0 Å². The van der Waals surface area contributed by atoms with Gasteiger partial charge in [0.05, 0.1) is 17.7 Å². The Bertz CT molecular complexity index is 1410. The van der Waals surface area contributed by atoms with Crippen molar-refractivity contribution in [2.24, 2.45) is 0 Å². The number of aryl methyl sites for hydroxylation is 1. The van der Waals surface area contributed by atoms with Gasteiger partial charge < -0.3 is 14.6 Å². The van der Waals surface area contributed by atoms with Crippen LogP contribution in [0.4, 0.5) is 0 Å². The highest BCUT2D eigenvalue weighted by molar-refractivity contribution is 6.08. The van der Waals surface area contributed by atoms with Crippen molar-refractivity contribution in [1.29, 1.82) is 0 Å². The van der Waals surface area contributed by atoms with Gasteiger partial charge in [-0.3, -0.25) is 4.98 Å². The van der Waals surface area contributed by atoms with Crippen molar-refractivity contribution in [2.45, 2.75) is 52.2 Å². The maximum atomic E-state index is 12.6. The van der Waals surface area contributed by atoms with E-state index in [2.05, 4.69) is 6.07 Å². The molecule has 0 saturated heterocycles. The molecule has 0 bridgehead atoms. The lowest BCUT2D eigenvalue weighted by atomic mass is 9.85. The van der Waals surface area contributed by atoms with Crippen LogP contribution in [0.15, 0.2) is 54.7 Å². The van der Waals surface area contributed by atoms with Crippen LogP contribution in [0.2, 0.25) is 0 Å². The average molecular weight is 456 g/mol. The molecule has 0 fully saturated rings. The summed E-state index contributed by atoms with van der Waals surface area (Å²) in [5.41, 5.74) is 4.73. The molecule has 0 radical (unpaired) electrons. The highest BCUT2D eigenvalue weighted by Crippen LogP contribution is 2.45. The Labute approximate surface area is 199 Å². The molecule has 1 aliphatic heterocycles. The Hall–Kier alpha value is -3.44. The maximum absolute atomic E-state index is 12.6. The molecular weight excluding hydrogens is 426 g/mol. The highest BCUT2D eigenvalue weighted by Gasteiger charge is 2.33. The standard InChI is InChI=1S/C29H29NO4/c1-5-29(3,4)34-27(28(31)32)23-17(2)16-19-8-6-7-9-20(19)25(23)21-10-11-22-24-18(13-15-33-22)12-14-30-26(21)24/h6-12,14,16,27H,5,13,15H2,1-4H3,(H,31,32)/t27-/m1/s1.